The number of carboxylic acids is 2. The van der Waals surface area contributed by atoms with Gasteiger partial charge in [0.2, 0.25) is 0 Å². The second-order valence-electron chi connectivity index (χ2n) is 3.22. The minimum Gasteiger partial charge on any atom is -0.549 e. The maximum atomic E-state index is 10.6. The van der Waals surface area contributed by atoms with Crippen LogP contribution in [0.5, 0.6) is 0 Å². The molecule has 0 aromatic heterocycles. The van der Waals surface area contributed by atoms with Gasteiger partial charge in [0.15, 0.2) is 0 Å². The molecule has 0 aliphatic heterocycles. The van der Waals surface area contributed by atoms with E-state index in [1.807, 2.05) is 0 Å². The average molecular weight is 248 g/mol. The molecule has 1 aliphatic rings. The smallest absolute Gasteiger partial charge is 0.549 e. The summed E-state index contributed by atoms with van der Waals surface area (Å²) in [4.78, 5) is 21.2. The Kier molecular flexibility index (Phi) is 11.0. The zero-order valence-electron chi connectivity index (χ0n) is 8.67. The zero-order valence-corrected chi connectivity index (χ0v) is 14.9. The summed E-state index contributed by atoms with van der Waals surface area (Å²) in [5.41, 5.74) is -1.71. The molecule has 0 spiro atoms. The molecule has 14 heavy (non-hydrogen) atoms. The number of carboxylic acid groups (broad SMARTS) is 2. The van der Waals surface area contributed by atoms with Crippen molar-refractivity contribution in [3.63, 3.8) is 0 Å². The summed E-state index contributed by atoms with van der Waals surface area (Å²) in [6.45, 7) is 0. The molecule has 0 heterocycles. The van der Waals surface area contributed by atoms with Gasteiger partial charge in [0, 0.05) is 5.41 Å². The van der Waals surface area contributed by atoms with Gasteiger partial charge in [-0.25, -0.2) is 0 Å². The van der Waals surface area contributed by atoms with Gasteiger partial charge in [-0.05, 0) is 12.8 Å². The third-order valence-corrected chi connectivity index (χ3v) is 2.49. The van der Waals surface area contributed by atoms with Crippen molar-refractivity contribution in [1.82, 2.24) is 0 Å². The van der Waals surface area contributed by atoms with E-state index in [2.05, 4.69) is 0 Å². The van der Waals surface area contributed by atoms with Crippen LogP contribution in [-0.4, -0.2) is 11.9 Å². The van der Waals surface area contributed by atoms with Crippen LogP contribution in [0.25, 0.3) is 0 Å². The van der Waals surface area contributed by atoms with Gasteiger partial charge in [-0.2, -0.15) is 0 Å². The Labute approximate surface area is 168 Å². The number of aliphatic carboxylic acids is 2. The Morgan fingerprint density at radius 2 is 1.21 bits per heavy atom. The van der Waals surface area contributed by atoms with Gasteiger partial charge in [0.1, 0.15) is 0 Å². The zero-order chi connectivity index (χ0) is 9.19. The predicted molar refractivity (Wildman–Crippen MR) is 35.5 cm³/mol. The van der Waals surface area contributed by atoms with Gasteiger partial charge in [0.25, 0.3) is 0 Å². The second kappa shape index (κ2) is 8.32. The fourth-order valence-corrected chi connectivity index (χ4v) is 1.65. The summed E-state index contributed by atoms with van der Waals surface area (Å²) in [6.07, 6.45) is 2.45. The van der Waals surface area contributed by atoms with Crippen LogP contribution in [0.15, 0.2) is 0 Å². The number of hydrogen-bond donors (Lipinski definition) is 0. The van der Waals surface area contributed by atoms with E-state index >= 15 is 0 Å². The first kappa shape index (κ1) is 18.6. The number of carbonyl (C=O) groups is 2. The normalized spacial score (nSPS) is 18.6. The monoisotopic (exact) mass is 248 g/mol. The molecule has 0 aromatic carbocycles. The standard InChI is InChI=1S/C8H12O4.2K/c9-6(10)8(7(11)12)4-2-1-3-5-8;;/h1-5H2,(H,9,10)(H,11,12);;/q;2*+1/p-2. The maximum Gasteiger partial charge on any atom is 1.00 e. The summed E-state index contributed by atoms with van der Waals surface area (Å²) in [5.74, 6) is -3.00. The fourth-order valence-electron chi connectivity index (χ4n) is 1.65. The average Bonchev–Trinajstić information content (AvgIpc) is 2.05. The Morgan fingerprint density at radius 1 is 0.857 bits per heavy atom. The first-order chi connectivity index (χ1) is 5.59. The van der Waals surface area contributed by atoms with E-state index in [1.54, 1.807) is 0 Å². The molecule has 0 N–H and O–H groups in total. The molecule has 0 bridgehead atoms. The van der Waals surface area contributed by atoms with Gasteiger partial charge in [-0.3, -0.25) is 0 Å². The molecule has 1 fully saturated rings. The molecular weight excluding hydrogens is 238 g/mol. The van der Waals surface area contributed by atoms with Crippen LogP contribution in [0, 0.1) is 5.41 Å². The molecule has 1 rings (SSSR count). The van der Waals surface area contributed by atoms with E-state index in [-0.39, 0.29) is 116 Å². The van der Waals surface area contributed by atoms with Crippen LogP contribution >= 0.6 is 0 Å². The van der Waals surface area contributed by atoms with Crippen LogP contribution in [0.1, 0.15) is 32.1 Å². The largest absolute Gasteiger partial charge is 1.00 e. The molecule has 0 radical (unpaired) electrons. The van der Waals surface area contributed by atoms with Crippen LogP contribution < -0.4 is 113 Å². The SMILES string of the molecule is O=C([O-])C1(C(=O)[O-])CCCCC1.[K+].[K+]. The van der Waals surface area contributed by atoms with Gasteiger partial charge in [-0.15, -0.1) is 0 Å². The molecule has 6 heteroatoms. The van der Waals surface area contributed by atoms with Gasteiger partial charge >= 0.3 is 103 Å². The topological polar surface area (TPSA) is 80.3 Å². The van der Waals surface area contributed by atoms with Gasteiger partial charge < -0.3 is 19.8 Å². The van der Waals surface area contributed by atoms with Crippen molar-refractivity contribution in [2.75, 3.05) is 0 Å². The van der Waals surface area contributed by atoms with Crippen molar-refractivity contribution >= 4 is 11.9 Å². The third kappa shape index (κ3) is 4.23. The van der Waals surface area contributed by atoms with Crippen LogP contribution in [0.4, 0.5) is 0 Å². The molecule has 0 unspecified atom stereocenters. The quantitative estimate of drug-likeness (QED) is 0.359. The van der Waals surface area contributed by atoms with E-state index in [9.17, 15) is 19.8 Å². The summed E-state index contributed by atoms with van der Waals surface area (Å²) in [7, 11) is 0. The van der Waals surface area contributed by atoms with Crippen molar-refractivity contribution in [3.8, 4) is 0 Å². The van der Waals surface area contributed by atoms with Crippen LogP contribution in [-0.2, 0) is 9.59 Å². The summed E-state index contributed by atoms with van der Waals surface area (Å²) in [5, 5.41) is 21.2. The van der Waals surface area contributed by atoms with E-state index < -0.39 is 17.4 Å². The Bertz CT molecular complexity index is 195. The molecule has 0 atom stereocenters. The molecule has 0 amide bonds. The van der Waals surface area contributed by atoms with Crippen molar-refractivity contribution in [1.29, 1.82) is 0 Å². The predicted octanol–water partition coefficient (Wildman–Crippen LogP) is -7.56. The molecular formula is C8H10K2O4. The second-order valence-corrected chi connectivity index (χ2v) is 3.22. The summed E-state index contributed by atoms with van der Waals surface area (Å²) >= 11 is 0. The van der Waals surface area contributed by atoms with Crippen molar-refractivity contribution in [3.05, 3.63) is 0 Å². The number of hydrogen-bond acceptors (Lipinski definition) is 4. The van der Waals surface area contributed by atoms with Crippen molar-refractivity contribution in [2.24, 2.45) is 5.41 Å². The van der Waals surface area contributed by atoms with Crippen LogP contribution in [0.2, 0.25) is 0 Å². The number of carbonyl (C=O) groups excluding carboxylic acids is 2. The van der Waals surface area contributed by atoms with Crippen LogP contribution in [0.3, 0.4) is 0 Å². The van der Waals surface area contributed by atoms with E-state index in [4.69, 9.17) is 0 Å². The fraction of sp³-hybridized carbons (Fsp3) is 0.750. The minimum absolute atomic E-state index is 0. The Balaban J connectivity index is 0. The van der Waals surface area contributed by atoms with E-state index in [0.29, 0.717) is 12.8 Å². The first-order valence-corrected chi connectivity index (χ1v) is 4.02. The summed E-state index contributed by atoms with van der Waals surface area (Å²) < 4.78 is 0. The van der Waals surface area contributed by atoms with Crippen molar-refractivity contribution < 1.29 is 123 Å². The molecule has 1 aliphatic carbocycles. The molecule has 4 nitrogen and oxygen atoms in total. The van der Waals surface area contributed by atoms with Crippen molar-refractivity contribution in [2.45, 2.75) is 32.1 Å². The first-order valence-electron chi connectivity index (χ1n) is 4.02. The Hall–Kier alpha value is 2.21. The molecule has 0 aromatic rings. The molecule has 0 saturated heterocycles. The van der Waals surface area contributed by atoms with E-state index in [1.165, 1.54) is 0 Å². The molecule has 68 valence electrons. The van der Waals surface area contributed by atoms with Gasteiger partial charge in [0.05, 0.1) is 11.9 Å². The maximum absolute atomic E-state index is 10.6. The Morgan fingerprint density at radius 3 is 1.43 bits per heavy atom. The number of rotatable bonds is 2. The third-order valence-electron chi connectivity index (χ3n) is 2.49. The van der Waals surface area contributed by atoms with Gasteiger partial charge in [-0.1, -0.05) is 19.3 Å². The van der Waals surface area contributed by atoms with E-state index in [0.717, 1.165) is 6.42 Å². The summed E-state index contributed by atoms with van der Waals surface area (Å²) in [6, 6.07) is 0. The minimum atomic E-state index is -1.71. The molecule has 1 saturated carbocycles.